The first kappa shape index (κ1) is 7.44. The molecule has 0 saturated carbocycles. The summed E-state index contributed by atoms with van der Waals surface area (Å²) in [6.45, 7) is 4.66. The van der Waals surface area contributed by atoms with Gasteiger partial charge in [0.2, 0.25) is 0 Å². The van der Waals surface area contributed by atoms with Crippen molar-refractivity contribution in [2.75, 3.05) is 6.54 Å². The van der Waals surface area contributed by atoms with Gasteiger partial charge in [-0.1, -0.05) is 23.8 Å². The predicted octanol–water partition coefficient (Wildman–Crippen LogP) is 1.47. The molecule has 0 atom stereocenters. The zero-order valence-electron chi connectivity index (χ0n) is 5.52. The highest BCUT2D eigenvalue weighted by Gasteiger charge is 1.75. The van der Waals surface area contributed by atoms with Crippen LogP contribution in [0.4, 0.5) is 0 Å². The van der Waals surface area contributed by atoms with Crippen LogP contribution in [0.2, 0.25) is 0 Å². The van der Waals surface area contributed by atoms with Gasteiger partial charge in [-0.25, -0.2) is 0 Å². The molecule has 0 rings (SSSR count). The first-order chi connectivity index (χ1) is 3.81. The Morgan fingerprint density at radius 3 is 2.62 bits per heavy atom. The van der Waals surface area contributed by atoms with Crippen LogP contribution in [0, 0.1) is 0 Å². The number of nitrogens with two attached hydrogens (primary N) is 1. The smallest absolute Gasteiger partial charge is 0.0137 e. The van der Waals surface area contributed by atoms with Crippen molar-refractivity contribution in [1.82, 2.24) is 0 Å². The van der Waals surface area contributed by atoms with Gasteiger partial charge in [-0.05, 0) is 13.8 Å². The van der Waals surface area contributed by atoms with Crippen molar-refractivity contribution in [1.29, 1.82) is 0 Å². The molecular formula is C7H13N. The fourth-order valence-corrected chi connectivity index (χ4v) is 0.329. The van der Waals surface area contributed by atoms with Crippen LogP contribution >= 0.6 is 0 Å². The van der Waals surface area contributed by atoms with Crippen molar-refractivity contribution in [2.24, 2.45) is 5.73 Å². The van der Waals surface area contributed by atoms with Gasteiger partial charge in [-0.3, -0.25) is 0 Å². The summed E-state index contributed by atoms with van der Waals surface area (Å²) in [7, 11) is 0. The van der Waals surface area contributed by atoms with Crippen molar-refractivity contribution in [2.45, 2.75) is 13.8 Å². The van der Waals surface area contributed by atoms with Crippen LogP contribution in [0.3, 0.4) is 0 Å². The van der Waals surface area contributed by atoms with Gasteiger partial charge in [0.1, 0.15) is 0 Å². The third-order valence-corrected chi connectivity index (χ3v) is 0.895. The summed E-state index contributed by atoms with van der Waals surface area (Å²) >= 11 is 0. The van der Waals surface area contributed by atoms with Crippen LogP contribution in [-0.4, -0.2) is 6.54 Å². The van der Waals surface area contributed by atoms with Gasteiger partial charge in [0.25, 0.3) is 0 Å². The number of rotatable bonds is 2. The molecule has 0 unspecified atom stereocenters. The van der Waals surface area contributed by atoms with Crippen LogP contribution in [0.1, 0.15) is 13.8 Å². The largest absolute Gasteiger partial charge is 0.327 e. The summed E-state index contributed by atoms with van der Waals surface area (Å²) in [4.78, 5) is 0. The molecule has 0 spiro atoms. The second kappa shape index (κ2) is 4.60. The number of hydrogen-bond donors (Lipinski definition) is 1. The highest BCUT2D eigenvalue weighted by atomic mass is 14.5. The second-order valence-corrected chi connectivity index (χ2v) is 1.74. The SMILES string of the molecule is CC=CC=C(C)CN. The molecule has 0 aromatic rings. The maximum Gasteiger partial charge on any atom is 0.0137 e. The van der Waals surface area contributed by atoms with Gasteiger partial charge in [0.05, 0.1) is 0 Å². The van der Waals surface area contributed by atoms with E-state index >= 15 is 0 Å². The third-order valence-electron chi connectivity index (χ3n) is 0.895. The minimum Gasteiger partial charge on any atom is -0.327 e. The van der Waals surface area contributed by atoms with Crippen LogP contribution in [0.15, 0.2) is 23.8 Å². The van der Waals surface area contributed by atoms with Crippen LogP contribution in [-0.2, 0) is 0 Å². The Morgan fingerprint density at radius 1 is 1.62 bits per heavy atom. The minimum absolute atomic E-state index is 0.657. The Morgan fingerprint density at radius 2 is 2.25 bits per heavy atom. The van der Waals surface area contributed by atoms with Crippen molar-refractivity contribution < 1.29 is 0 Å². The van der Waals surface area contributed by atoms with Crippen molar-refractivity contribution in [3.8, 4) is 0 Å². The third kappa shape index (κ3) is 3.62. The molecular weight excluding hydrogens is 98.1 g/mol. The molecule has 0 fully saturated rings. The topological polar surface area (TPSA) is 26.0 Å². The first-order valence-electron chi connectivity index (χ1n) is 2.79. The van der Waals surface area contributed by atoms with Crippen LogP contribution < -0.4 is 5.73 Å². The zero-order chi connectivity index (χ0) is 6.41. The highest BCUT2D eigenvalue weighted by Crippen LogP contribution is 1.87. The molecule has 0 aromatic heterocycles. The van der Waals surface area contributed by atoms with E-state index in [2.05, 4.69) is 0 Å². The molecule has 0 aromatic carbocycles. The quantitative estimate of drug-likeness (QED) is 0.536. The van der Waals surface area contributed by atoms with E-state index in [1.54, 1.807) is 0 Å². The average Bonchev–Trinajstić information content (AvgIpc) is 1.83. The summed E-state index contributed by atoms with van der Waals surface area (Å²) in [6.07, 6.45) is 5.99. The van der Waals surface area contributed by atoms with Gasteiger partial charge in [0.15, 0.2) is 0 Å². The lowest BCUT2D eigenvalue weighted by atomic mass is 10.3. The van der Waals surface area contributed by atoms with Crippen LogP contribution in [0.5, 0.6) is 0 Å². The molecule has 0 radical (unpaired) electrons. The molecule has 8 heavy (non-hydrogen) atoms. The second-order valence-electron chi connectivity index (χ2n) is 1.74. The summed E-state index contributed by atoms with van der Waals surface area (Å²) in [5, 5.41) is 0. The van der Waals surface area contributed by atoms with Gasteiger partial charge >= 0.3 is 0 Å². The molecule has 0 amide bonds. The van der Waals surface area contributed by atoms with Gasteiger partial charge in [-0.15, -0.1) is 0 Å². The van der Waals surface area contributed by atoms with E-state index < -0.39 is 0 Å². The Kier molecular flexibility index (Phi) is 4.27. The predicted molar refractivity (Wildman–Crippen MR) is 37.6 cm³/mol. The monoisotopic (exact) mass is 111 g/mol. The number of allylic oxidation sites excluding steroid dienone is 3. The standard InChI is InChI=1S/C7H13N/c1-3-4-5-7(2)6-8/h3-5H,6,8H2,1-2H3. The van der Waals surface area contributed by atoms with E-state index in [9.17, 15) is 0 Å². The van der Waals surface area contributed by atoms with Gasteiger partial charge in [0, 0.05) is 6.54 Å². The fraction of sp³-hybridized carbons (Fsp3) is 0.429. The lowest BCUT2D eigenvalue weighted by Crippen LogP contribution is -1.98. The molecule has 1 nitrogen and oxygen atoms in total. The maximum atomic E-state index is 5.31. The summed E-state index contributed by atoms with van der Waals surface area (Å²) in [5.41, 5.74) is 6.52. The molecule has 0 saturated heterocycles. The van der Waals surface area contributed by atoms with Crippen LogP contribution in [0.25, 0.3) is 0 Å². The van der Waals surface area contributed by atoms with Crippen molar-refractivity contribution in [3.63, 3.8) is 0 Å². The first-order valence-corrected chi connectivity index (χ1v) is 2.79. The van der Waals surface area contributed by atoms with E-state index in [1.165, 1.54) is 5.57 Å². The minimum atomic E-state index is 0.657. The maximum absolute atomic E-state index is 5.31. The molecule has 0 bridgehead atoms. The van der Waals surface area contributed by atoms with E-state index in [4.69, 9.17) is 5.73 Å². The molecule has 0 aliphatic carbocycles. The molecule has 0 heterocycles. The van der Waals surface area contributed by atoms with Crippen molar-refractivity contribution in [3.05, 3.63) is 23.8 Å². The Labute approximate surface area is 50.9 Å². The van der Waals surface area contributed by atoms with Gasteiger partial charge < -0.3 is 5.73 Å². The molecule has 1 heteroatoms. The Bertz CT molecular complexity index is 101. The van der Waals surface area contributed by atoms with E-state index in [0.29, 0.717) is 6.54 Å². The highest BCUT2D eigenvalue weighted by molar-refractivity contribution is 5.10. The summed E-state index contributed by atoms with van der Waals surface area (Å²) < 4.78 is 0. The average molecular weight is 111 g/mol. The van der Waals surface area contributed by atoms with E-state index in [1.807, 2.05) is 32.1 Å². The molecule has 46 valence electrons. The number of hydrogen-bond acceptors (Lipinski definition) is 1. The normalized spacial score (nSPS) is 13.1. The lowest BCUT2D eigenvalue weighted by molar-refractivity contribution is 1.14. The lowest BCUT2D eigenvalue weighted by Gasteiger charge is -1.87. The van der Waals surface area contributed by atoms with Gasteiger partial charge in [-0.2, -0.15) is 0 Å². The molecule has 0 aliphatic rings. The fourth-order valence-electron chi connectivity index (χ4n) is 0.329. The van der Waals surface area contributed by atoms with E-state index in [0.717, 1.165) is 0 Å². The molecule has 2 N–H and O–H groups in total. The Balaban J connectivity index is 3.57. The molecule has 0 aliphatic heterocycles. The van der Waals surface area contributed by atoms with Crippen molar-refractivity contribution >= 4 is 0 Å². The zero-order valence-corrected chi connectivity index (χ0v) is 5.52. The Hall–Kier alpha value is -0.560. The summed E-state index contributed by atoms with van der Waals surface area (Å²) in [5.74, 6) is 0. The summed E-state index contributed by atoms with van der Waals surface area (Å²) in [6, 6.07) is 0. The van der Waals surface area contributed by atoms with E-state index in [-0.39, 0.29) is 0 Å².